The molecule has 0 fully saturated rings. The van der Waals surface area contributed by atoms with Crippen LogP contribution in [0.3, 0.4) is 0 Å². The van der Waals surface area contributed by atoms with Gasteiger partial charge in [-0.2, -0.15) is 0 Å². The molecule has 0 saturated carbocycles. The van der Waals surface area contributed by atoms with Crippen molar-refractivity contribution in [1.29, 1.82) is 0 Å². The minimum atomic E-state index is -0.283. The van der Waals surface area contributed by atoms with Crippen molar-refractivity contribution in [3.05, 3.63) is 28.8 Å². The quantitative estimate of drug-likeness (QED) is 0.873. The number of carbonyl (C=O) groups is 1. The van der Waals surface area contributed by atoms with Gasteiger partial charge in [-0.15, -0.1) is 11.3 Å². The third-order valence-corrected chi connectivity index (χ3v) is 4.45. The molecule has 1 aromatic carbocycles. The number of aromatic nitrogens is 1. The molecule has 23 heavy (non-hydrogen) atoms. The Balaban J connectivity index is 2.27. The summed E-state index contributed by atoms with van der Waals surface area (Å²) in [6.07, 6.45) is 1.78. The summed E-state index contributed by atoms with van der Waals surface area (Å²) in [5.41, 5.74) is 0.404. The number of hydrogen-bond acceptors (Lipinski definition) is 6. The highest BCUT2D eigenvalue weighted by Crippen LogP contribution is 2.38. The molecule has 0 saturated heterocycles. The van der Waals surface area contributed by atoms with Gasteiger partial charge in [-0.25, -0.2) is 4.98 Å². The Morgan fingerprint density at radius 3 is 2.17 bits per heavy atom. The van der Waals surface area contributed by atoms with Crippen molar-refractivity contribution < 1.29 is 19.0 Å². The average Bonchev–Trinajstić information content (AvgIpc) is 3.01. The van der Waals surface area contributed by atoms with Gasteiger partial charge in [0.1, 0.15) is 0 Å². The molecule has 0 bridgehead atoms. The maximum absolute atomic E-state index is 12.4. The van der Waals surface area contributed by atoms with E-state index in [9.17, 15) is 4.79 Å². The van der Waals surface area contributed by atoms with Crippen molar-refractivity contribution in [3.63, 3.8) is 0 Å². The summed E-state index contributed by atoms with van der Waals surface area (Å²) >= 11 is 1.46. The van der Waals surface area contributed by atoms with Crippen molar-refractivity contribution in [2.75, 3.05) is 26.6 Å². The van der Waals surface area contributed by atoms with Crippen molar-refractivity contribution in [3.8, 4) is 17.2 Å². The predicted octanol–water partition coefficient (Wildman–Crippen LogP) is 3.54. The zero-order chi connectivity index (χ0) is 17.0. The highest BCUT2D eigenvalue weighted by molar-refractivity contribution is 7.15. The Hall–Kier alpha value is -2.28. The Morgan fingerprint density at radius 1 is 1.13 bits per heavy atom. The SMILES string of the molecule is COc1cc(C(=O)Nc2ncc(C(C)C)s2)cc(OC)c1OC. The molecule has 0 aliphatic rings. The lowest BCUT2D eigenvalue weighted by Crippen LogP contribution is -2.12. The lowest BCUT2D eigenvalue weighted by atomic mass is 10.1. The van der Waals surface area contributed by atoms with Gasteiger partial charge in [-0.3, -0.25) is 10.1 Å². The zero-order valence-electron chi connectivity index (χ0n) is 13.8. The third kappa shape index (κ3) is 3.73. The van der Waals surface area contributed by atoms with Crippen LogP contribution in [0.5, 0.6) is 17.2 Å². The molecule has 0 atom stereocenters. The zero-order valence-corrected chi connectivity index (χ0v) is 14.6. The van der Waals surface area contributed by atoms with Gasteiger partial charge >= 0.3 is 0 Å². The number of benzene rings is 1. The second kappa shape index (κ2) is 7.32. The van der Waals surface area contributed by atoms with Crippen LogP contribution >= 0.6 is 11.3 Å². The summed E-state index contributed by atoms with van der Waals surface area (Å²) < 4.78 is 15.8. The van der Waals surface area contributed by atoms with E-state index in [0.717, 1.165) is 4.88 Å². The van der Waals surface area contributed by atoms with Crippen LogP contribution in [0.4, 0.5) is 5.13 Å². The standard InChI is InChI=1S/C16H20N2O4S/c1-9(2)13-8-17-16(23-13)18-15(19)10-6-11(20-3)14(22-5)12(7-10)21-4/h6-9H,1-5H3,(H,17,18,19). The minimum absolute atomic E-state index is 0.283. The molecule has 1 amide bonds. The highest BCUT2D eigenvalue weighted by atomic mass is 32.1. The Morgan fingerprint density at radius 2 is 1.74 bits per heavy atom. The fourth-order valence-corrected chi connectivity index (χ4v) is 2.81. The van der Waals surface area contributed by atoms with Gasteiger partial charge in [0.15, 0.2) is 16.6 Å². The van der Waals surface area contributed by atoms with Crippen LogP contribution in [0.15, 0.2) is 18.3 Å². The predicted molar refractivity (Wildman–Crippen MR) is 90.3 cm³/mol. The number of rotatable bonds is 6. The van der Waals surface area contributed by atoms with E-state index in [1.54, 1.807) is 18.3 Å². The topological polar surface area (TPSA) is 69.7 Å². The van der Waals surface area contributed by atoms with E-state index in [2.05, 4.69) is 24.1 Å². The van der Waals surface area contributed by atoms with Crippen LogP contribution in [0.25, 0.3) is 0 Å². The van der Waals surface area contributed by atoms with Gasteiger partial charge in [0, 0.05) is 16.6 Å². The number of amides is 1. The Kier molecular flexibility index (Phi) is 5.44. The van der Waals surface area contributed by atoms with Crippen molar-refractivity contribution in [1.82, 2.24) is 4.98 Å². The number of hydrogen-bond donors (Lipinski definition) is 1. The van der Waals surface area contributed by atoms with Gasteiger partial charge in [-0.05, 0) is 18.1 Å². The summed E-state index contributed by atoms with van der Waals surface area (Å²) in [5, 5.41) is 3.35. The number of carbonyl (C=O) groups excluding carboxylic acids is 1. The number of anilines is 1. The average molecular weight is 336 g/mol. The first kappa shape index (κ1) is 17.1. The fraction of sp³-hybridized carbons (Fsp3) is 0.375. The molecular weight excluding hydrogens is 316 g/mol. The first-order chi connectivity index (χ1) is 11.0. The molecule has 0 unspecified atom stereocenters. The van der Waals surface area contributed by atoms with Crippen molar-refractivity contribution >= 4 is 22.4 Å². The summed E-state index contributed by atoms with van der Waals surface area (Å²) in [4.78, 5) is 17.8. The number of methoxy groups -OCH3 is 3. The molecule has 1 aromatic heterocycles. The van der Waals surface area contributed by atoms with Gasteiger partial charge in [-0.1, -0.05) is 13.8 Å². The van der Waals surface area contributed by atoms with Crippen molar-refractivity contribution in [2.45, 2.75) is 19.8 Å². The molecule has 0 radical (unpaired) electrons. The molecule has 0 spiro atoms. The normalized spacial score (nSPS) is 10.5. The van der Waals surface area contributed by atoms with Crippen LogP contribution in [-0.2, 0) is 0 Å². The highest BCUT2D eigenvalue weighted by Gasteiger charge is 2.18. The number of nitrogens with one attached hydrogen (secondary N) is 1. The molecule has 7 heteroatoms. The smallest absolute Gasteiger partial charge is 0.257 e. The number of thiazole rings is 1. The van der Waals surface area contributed by atoms with E-state index < -0.39 is 0 Å². The van der Waals surface area contributed by atoms with E-state index in [-0.39, 0.29) is 5.91 Å². The molecule has 124 valence electrons. The number of nitrogens with zero attached hydrogens (tertiary/aromatic N) is 1. The van der Waals surface area contributed by atoms with Crippen LogP contribution in [0, 0.1) is 0 Å². The Labute approximate surface area is 139 Å². The van der Waals surface area contributed by atoms with E-state index >= 15 is 0 Å². The fourth-order valence-electron chi connectivity index (χ4n) is 1.99. The van der Waals surface area contributed by atoms with Crippen LogP contribution in [0.2, 0.25) is 0 Å². The summed E-state index contributed by atoms with van der Waals surface area (Å²) in [6, 6.07) is 3.21. The van der Waals surface area contributed by atoms with Gasteiger partial charge in [0.2, 0.25) is 5.75 Å². The summed E-state index contributed by atoms with van der Waals surface area (Å²) in [5.74, 6) is 1.40. The van der Waals surface area contributed by atoms with E-state index in [1.807, 2.05) is 0 Å². The monoisotopic (exact) mass is 336 g/mol. The van der Waals surface area contributed by atoms with Gasteiger partial charge in [0.05, 0.1) is 21.3 Å². The molecule has 1 heterocycles. The molecule has 6 nitrogen and oxygen atoms in total. The molecule has 0 aliphatic carbocycles. The first-order valence-corrected chi connectivity index (χ1v) is 7.88. The van der Waals surface area contributed by atoms with E-state index in [0.29, 0.717) is 33.9 Å². The van der Waals surface area contributed by atoms with E-state index in [1.165, 1.54) is 32.7 Å². The second-order valence-corrected chi connectivity index (χ2v) is 6.15. The molecule has 0 aliphatic heterocycles. The largest absolute Gasteiger partial charge is 0.493 e. The van der Waals surface area contributed by atoms with Crippen LogP contribution in [-0.4, -0.2) is 32.2 Å². The molecule has 1 N–H and O–H groups in total. The maximum Gasteiger partial charge on any atom is 0.257 e. The summed E-state index contributed by atoms with van der Waals surface area (Å²) in [6.45, 7) is 4.16. The lowest BCUT2D eigenvalue weighted by Gasteiger charge is -2.13. The number of ether oxygens (including phenoxy) is 3. The van der Waals surface area contributed by atoms with Gasteiger partial charge < -0.3 is 14.2 Å². The summed E-state index contributed by atoms with van der Waals surface area (Å²) in [7, 11) is 4.53. The molecule has 2 aromatic rings. The minimum Gasteiger partial charge on any atom is -0.493 e. The first-order valence-electron chi connectivity index (χ1n) is 7.07. The molecule has 2 rings (SSSR count). The Bertz CT molecular complexity index is 672. The van der Waals surface area contributed by atoms with Gasteiger partial charge in [0.25, 0.3) is 5.91 Å². The van der Waals surface area contributed by atoms with Crippen molar-refractivity contribution in [2.24, 2.45) is 0 Å². The van der Waals surface area contributed by atoms with Crippen LogP contribution in [0.1, 0.15) is 35.0 Å². The van der Waals surface area contributed by atoms with Crippen LogP contribution < -0.4 is 19.5 Å². The molecular formula is C16H20N2O4S. The maximum atomic E-state index is 12.4. The second-order valence-electron chi connectivity index (χ2n) is 5.09. The lowest BCUT2D eigenvalue weighted by molar-refractivity contribution is 0.102. The van der Waals surface area contributed by atoms with E-state index in [4.69, 9.17) is 14.2 Å². The third-order valence-electron chi connectivity index (χ3n) is 3.24.